The Bertz CT molecular complexity index is 801. The van der Waals surface area contributed by atoms with E-state index in [0.717, 1.165) is 11.0 Å². The van der Waals surface area contributed by atoms with Gasteiger partial charge in [-0.15, -0.1) is 0 Å². The molecule has 3 aromatic rings. The van der Waals surface area contributed by atoms with Gasteiger partial charge in [0.15, 0.2) is 0 Å². The lowest BCUT2D eigenvalue weighted by molar-refractivity contribution is 0.0703. The molecule has 0 saturated carbocycles. The molecule has 2 atom stereocenters. The van der Waals surface area contributed by atoms with Crippen molar-refractivity contribution in [1.82, 2.24) is 15.3 Å². The number of carbonyl (C=O) groups is 1. The van der Waals surface area contributed by atoms with Crippen LogP contribution >= 0.6 is 0 Å². The average Bonchev–Trinajstić information content (AvgIpc) is 3.07. The maximum Gasteiger partial charge on any atom is 0.251 e. The quantitative estimate of drug-likeness (QED) is 0.572. The van der Waals surface area contributed by atoms with E-state index in [9.17, 15) is 15.0 Å². The lowest BCUT2D eigenvalue weighted by atomic mass is 10.0. The van der Waals surface area contributed by atoms with Gasteiger partial charge in [0.05, 0.1) is 30.0 Å². The zero-order valence-corrected chi connectivity index (χ0v) is 12.3. The van der Waals surface area contributed by atoms with Crippen LogP contribution in [0, 0.1) is 0 Å². The van der Waals surface area contributed by atoms with Crippen molar-refractivity contribution in [3.8, 4) is 0 Å². The second kappa shape index (κ2) is 6.60. The first kappa shape index (κ1) is 15.2. The summed E-state index contributed by atoms with van der Waals surface area (Å²) in [6, 6.07) is 13.2. The zero-order chi connectivity index (χ0) is 16.2. The molecule has 1 aromatic heterocycles. The van der Waals surface area contributed by atoms with Crippen molar-refractivity contribution in [2.24, 2.45) is 0 Å². The van der Waals surface area contributed by atoms with Crippen LogP contribution in [-0.4, -0.2) is 38.7 Å². The number of hydrogen-bond donors (Lipinski definition) is 4. The van der Waals surface area contributed by atoms with Gasteiger partial charge in [0.1, 0.15) is 6.10 Å². The Labute approximate surface area is 132 Å². The molecule has 0 radical (unpaired) electrons. The summed E-state index contributed by atoms with van der Waals surface area (Å²) in [5, 5.41) is 22.5. The van der Waals surface area contributed by atoms with Crippen molar-refractivity contribution < 1.29 is 15.0 Å². The first-order valence-electron chi connectivity index (χ1n) is 7.27. The number of H-pyrrole nitrogens is 1. The van der Waals surface area contributed by atoms with Gasteiger partial charge in [0.2, 0.25) is 0 Å². The number of hydrogen-bond acceptors (Lipinski definition) is 4. The summed E-state index contributed by atoms with van der Waals surface area (Å²) in [4.78, 5) is 19.4. The minimum absolute atomic E-state index is 0.365. The number of fused-ring (bicyclic) bond motifs is 1. The summed E-state index contributed by atoms with van der Waals surface area (Å²) in [7, 11) is 0. The van der Waals surface area contributed by atoms with Gasteiger partial charge in [-0.3, -0.25) is 4.79 Å². The van der Waals surface area contributed by atoms with Crippen LogP contribution in [0.2, 0.25) is 0 Å². The van der Waals surface area contributed by atoms with Gasteiger partial charge in [-0.25, -0.2) is 4.98 Å². The molecule has 1 amide bonds. The number of aromatic nitrogens is 2. The van der Waals surface area contributed by atoms with E-state index in [1.165, 1.54) is 0 Å². The summed E-state index contributed by atoms with van der Waals surface area (Å²) >= 11 is 0. The second-order valence-electron chi connectivity index (χ2n) is 5.25. The molecular weight excluding hydrogens is 294 g/mol. The van der Waals surface area contributed by atoms with Crippen LogP contribution in [0.4, 0.5) is 0 Å². The largest absolute Gasteiger partial charge is 0.394 e. The molecule has 0 aliphatic rings. The number of amides is 1. The van der Waals surface area contributed by atoms with Crippen LogP contribution < -0.4 is 5.32 Å². The number of nitrogens with zero attached hydrogens (tertiary/aromatic N) is 1. The van der Waals surface area contributed by atoms with Crippen molar-refractivity contribution in [3.05, 3.63) is 66.0 Å². The van der Waals surface area contributed by atoms with Crippen molar-refractivity contribution in [3.63, 3.8) is 0 Å². The van der Waals surface area contributed by atoms with Crippen LogP contribution in [0.5, 0.6) is 0 Å². The fourth-order valence-corrected chi connectivity index (χ4v) is 2.44. The summed E-state index contributed by atoms with van der Waals surface area (Å²) in [6.45, 7) is -0.367. The van der Waals surface area contributed by atoms with Crippen LogP contribution in [0.1, 0.15) is 22.0 Å². The molecule has 1 heterocycles. The second-order valence-corrected chi connectivity index (χ2v) is 5.25. The molecule has 6 nitrogen and oxygen atoms in total. The van der Waals surface area contributed by atoms with Crippen molar-refractivity contribution in [2.75, 3.05) is 6.61 Å². The lowest BCUT2D eigenvalue weighted by Gasteiger charge is -2.22. The highest BCUT2D eigenvalue weighted by Gasteiger charge is 2.22. The number of nitrogens with one attached hydrogen (secondary N) is 2. The predicted molar refractivity (Wildman–Crippen MR) is 85.8 cm³/mol. The molecule has 0 saturated heterocycles. The fourth-order valence-electron chi connectivity index (χ4n) is 2.44. The van der Waals surface area contributed by atoms with Gasteiger partial charge in [-0.1, -0.05) is 30.3 Å². The maximum atomic E-state index is 12.3. The fraction of sp³-hybridized carbons (Fsp3) is 0.176. The van der Waals surface area contributed by atoms with Gasteiger partial charge >= 0.3 is 0 Å². The molecule has 23 heavy (non-hydrogen) atoms. The Hall–Kier alpha value is -2.70. The molecule has 0 aliphatic carbocycles. The normalized spacial score (nSPS) is 13.7. The number of aromatic amines is 1. The number of aliphatic hydroxyl groups is 2. The highest BCUT2D eigenvalue weighted by atomic mass is 16.3. The molecule has 0 spiro atoms. The van der Waals surface area contributed by atoms with Gasteiger partial charge in [0, 0.05) is 5.56 Å². The van der Waals surface area contributed by atoms with E-state index < -0.39 is 12.1 Å². The maximum absolute atomic E-state index is 12.3. The Morgan fingerprint density at radius 1 is 1.22 bits per heavy atom. The molecule has 2 aromatic carbocycles. The van der Waals surface area contributed by atoms with Crippen molar-refractivity contribution in [1.29, 1.82) is 0 Å². The minimum atomic E-state index is -0.985. The summed E-state index contributed by atoms with van der Waals surface area (Å²) < 4.78 is 0. The van der Waals surface area contributed by atoms with E-state index in [4.69, 9.17) is 0 Å². The van der Waals surface area contributed by atoms with E-state index in [1.807, 2.05) is 6.07 Å². The van der Waals surface area contributed by atoms with Crippen molar-refractivity contribution >= 4 is 16.9 Å². The number of imidazole rings is 1. The van der Waals surface area contributed by atoms with E-state index in [2.05, 4.69) is 15.3 Å². The Morgan fingerprint density at radius 3 is 2.74 bits per heavy atom. The summed E-state index contributed by atoms with van der Waals surface area (Å²) in [5.74, 6) is -0.365. The highest BCUT2D eigenvalue weighted by molar-refractivity contribution is 5.97. The topological polar surface area (TPSA) is 98.2 Å². The van der Waals surface area contributed by atoms with E-state index in [0.29, 0.717) is 11.1 Å². The van der Waals surface area contributed by atoms with Gasteiger partial charge in [0.25, 0.3) is 5.91 Å². The standard InChI is InChI=1S/C17H17N3O3/c21-9-15(16(22)11-4-2-1-3-5-11)20-17(23)12-6-7-13-14(8-12)19-10-18-13/h1-8,10,15-16,21-22H,9H2,(H,18,19)(H,20,23). The monoisotopic (exact) mass is 311 g/mol. The smallest absolute Gasteiger partial charge is 0.251 e. The molecule has 0 fully saturated rings. The number of aliphatic hydroxyl groups excluding tert-OH is 2. The highest BCUT2D eigenvalue weighted by Crippen LogP contribution is 2.17. The van der Waals surface area contributed by atoms with E-state index in [1.54, 1.807) is 48.8 Å². The average molecular weight is 311 g/mol. The van der Waals surface area contributed by atoms with Gasteiger partial charge < -0.3 is 20.5 Å². The number of rotatable bonds is 5. The molecule has 0 aliphatic heterocycles. The SMILES string of the molecule is O=C(NC(CO)C(O)c1ccccc1)c1ccc2nc[nH]c2c1. The van der Waals surface area contributed by atoms with Gasteiger partial charge in [-0.2, -0.15) is 0 Å². The number of benzene rings is 2. The first-order valence-corrected chi connectivity index (χ1v) is 7.27. The molecule has 2 unspecified atom stereocenters. The third-order valence-corrected chi connectivity index (χ3v) is 3.72. The molecular formula is C17H17N3O3. The first-order chi connectivity index (χ1) is 11.2. The van der Waals surface area contributed by atoms with E-state index >= 15 is 0 Å². The summed E-state index contributed by atoms with van der Waals surface area (Å²) in [5.41, 5.74) is 2.59. The zero-order valence-electron chi connectivity index (χ0n) is 12.3. The Balaban J connectivity index is 1.76. The third kappa shape index (κ3) is 3.23. The molecule has 0 bridgehead atoms. The summed E-state index contributed by atoms with van der Waals surface area (Å²) in [6.07, 6.45) is 0.572. The third-order valence-electron chi connectivity index (χ3n) is 3.72. The Morgan fingerprint density at radius 2 is 2.00 bits per heavy atom. The van der Waals surface area contributed by atoms with E-state index in [-0.39, 0.29) is 12.5 Å². The van der Waals surface area contributed by atoms with Crippen LogP contribution in [0.15, 0.2) is 54.9 Å². The minimum Gasteiger partial charge on any atom is -0.394 e. The van der Waals surface area contributed by atoms with Crippen LogP contribution in [0.3, 0.4) is 0 Å². The van der Waals surface area contributed by atoms with Crippen LogP contribution in [-0.2, 0) is 0 Å². The molecule has 4 N–H and O–H groups in total. The molecule has 6 heteroatoms. The molecule has 118 valence electrons. The number of carbonyl (C=O) groups excluding carboxylic acids is 1. The van der Waals surface area contributed by atoms with Gasteiger partial charge in [-0.05, 0) is 23.8 Å². The predicted octanol–water partition coefficient (Wildman–Crippen LogP) is 1.39. The van der Waals surface area contributed by atoms with Crippen molar-refractivity contribution in [2.45, 2.75) is 12.1 Å². The Kier molecular flexibility index (Phi) is 4.36. The lowest BCUT2D eigenvalue weighted by Crippen LogP contribution is -2.41. The van der Waals surface area contributed by atoms with Crippen LogP contribution in [0.25, 0.3) is 11.0 Å². The molecule has 3 rings (SSSR count).